The maximum atomic E-state index is 9.30. The fraction of sp³-hybridized carbons (Fsp3) is 0.714. The van der Waals surface area contributed by atoms with Gasteiger partial charge in [-0.15, -0.1) is 10.2 Å². The van der Waals surface area contributed by atoms with E-state index in [0.717, 1.165) is 31.1 Å². The predicted octanol–water partition coefficient (Wildman–Crippen LogP) is 0.0814. The standard InChI is InChI=1S/C7H12N4OS/c8-6-9-10-7(13-6)11-3-1-5(12)2-4-11/h5,12H,1-4H2,(H2,8,9). The first-order valence-electron chi connectivity index (χ1n) is 4.27. The van der Waals surface area contributed by atoms with E-state index in [-0.39, 0.29) is 6.10 Å². The summed E-state index contributed by atoms with van der Waals surface area (Å²) in [5.41, 5.74) is 5.48. The Kier molecular flexibility index (Phi) is 2.32. The van der Waals surface area contributed by atoms with Crippen LogP contribution in [-0.4, -0.2) is 34.5 Å². The second-order valence-corrected chi connectivity index (χ2v) is 4.13. The highest BCUT2D eigenvalue weighted by Gasteiger charge is 2.19. The zero-order valence-corrected chi connectivity index (χ0v) is 8.00. The van der Waals surface area contributed by atoms with E-state index in [1.54, 1.807) is 0 Å². The molecule has 0 unspecified atom stereocenters. The van der Waals surface area contributed by atoms with E-state index >= 15 is 0 Å². The van der Waals surface area contributed by atoms with E-state index in [0.29, 0.717) is 5.13 Å². The van der Waals surface area contributed by atoms with Gasteiger partial charge in [-0.2, -0.15) is 0 Å². The van der Waals surface area contributed by atoms with Crippen molar-refractivity contribution in [3.05, 3.63) is 0 Å². The minimum absolute atomic E-state index is 0.151. The maximum absolute atomic E-state index is 9.30. The molecule has 0 saturated carbocycles. The van der Waals surface area contributed by atoms with E-state index in [2.05, 4.69) is 15.1 Å². The van der Waals surface area contributed by atoms with Crippen LogP contribution < -0.4 is 10.6 Å². The molecule has 5 nitrogen and oxygen atoms in total. The first-order valence-corrected chi connectivity index (χ1v) is 5.09. The number of rotatable bonds is 1. The van der Waals surface area contributed by atoms with E-state index in [9.17, 15) is 5.11 Å². The zero-order chi connectivity index (χ0) is 9.26. The molecule has 1 aliphatic heterocycles. The smallest absolute Gasteiger partial charge is 0.209 e. The van der Waals surface area contributed by atoms with Crippen LogP contribution in [0.25, 0.3) is 0 Å². The molecule has 0 radical (unpaired) electrons. The summed E-state index contributed by atoms with van der Waals surface area (Å²) in [6.45, 7) is 1.69. The first kappa shape index (κ1) is 8.71. The third-order valence-corrected chi connectivity index (χ3v) is 2.98. The van der Waals surface area contributed by atoms with Gasteiger partial charge in [0.2, 0.25) is 10.3 Å². The summed E-state index contributed by atoms with van der Waals surface area (Å²) >= 11 is 1.40. The van der Waals surface area contributed by atoms with Crippen LogP contribution in [0, 0.1) is 0 Å². The second-order valence-electron chi connectivity index (χ2n) is 3.14. The van der Waals surface area contributed by atoms with Crippen LogP contribution in [0.4, 0.5) is 10.3 Å². The highest BCUT2D eigenvalue weighted by atomic mass is 32.1. The van der Waals surface area contributed by atoms with Gasteiger partial charge in [0, 0.05) is 13.1 Å². The Morgan fingerprint density at radius 1 is 1.38 bits per heavy atom. The van der Waals surface area contributed by atoms with Gasteiger partial charge in [-0.05, 0) is 12.8 Å². The number of anilines is 2. The summed E-state index contributed by atoms with van der Waals surface area (Å²) in [4.78, 5) is 2.11. The van der Waals surface area contributed by atoms with Crippen molar-refractivity contribution in [2.24, 2.45) is 0 Å². The van der Waals surface area contributed by atoms with Gasteiger partial charge in [0.15, 0.2) is 0 Å². The highest BCUT2D eigenvalue weighted by molar-refractivity contribution is 7.18. The van der Waals surface area contributed by atoms with Crippen LogP contribution >= 0.6 is 11.3 Å². The van der Waals surface area contributed by atoms with Crippen molar-refractivity contribution in [2.45, 2.75) is 18.9 Å². The molecule has 0 aromatic carbocycles. The van der Waals surface area contributed by atoms with Gasteiger partial charge in [-0.3, -0.25) is 0 Å². The zero-order valence-electron chi connectivity index (χ0n) is 7.18. The quantitative estimate of drug-likeness (QED) is 0.671. The maximum Gasteiger partial charge on any atom is 0.209 e. The molecule has 1 aromatic rings. The topological polar surface area (TPSA) is 75.3 Å². The monoisotopic (exact) mass is 200 g/mol. The van der Waals surface area contributed by atoms with Crippen LogP contribution in [0.3, 0.4) is 0 Å². The number of hydrogen-bond donors (Lipinski definition) is 2. The lowest BCUT2D eigenvalue weighted by molar-refractivity contribution is 0.145. The van der Waals surface area contributed by atoms with Crippen LogP contribution in [0.5, 0.6) is 0 Å². The number of hydrogen-bond acceptors (Lipinski definition) is 6. The number of nitrogens with zero attached hydrogens (tertiary/aromatic N) is 3. The fourth-order valence-electron chi connectivity index (χ4n) is 1.41. The molecule has 2 heterocycles. The summed E-state index contributed by atoms with van der Waals surface area (Å²) < 4.78 is 0. The second kappa shape index (κ2) is 3.47. The number of aliphatic hydroxyl groups excluding tert-OH is 1. The van der Waals surface area contributed by atoms with Crippen molar-refractivity contribution in [3.63, 3.8) is 0 Å². The third-order valence-electron chi connectivity index (χ3n) is 2.16. The molecule has 1 aromatic heterocycles. The molecule has 1 saturated heterocycles. The molecule has 0 aliphatic carbocycles. The van der Waals surface area contributed by atoms with E-state index in [4.69, 9.17) is 5.73 Å². The lowest BCUT2D eigenvalue weighted by atomic mass is 10.1. The molecule has 1 fully saturated rings. The van der Waals surface area contributed by atoms with Gasteiger partial charge in [0.25, 0.3) is 0 Å². The van der Waals surface area contributed by atoms with Gasteiger partial charge in [-0.25, -0.2) is 0 Å². The summed E-state index contributed by atoms with van der Waals surface area (Å²) in [6.07, 6.45) is 1.46. The van der Waals surface area contributed by atoms with E-state index in [1.807, 2.05) is 0 Å². The minimum atomic E-state index is -0.151. The normalized spacial score (nSPS) is 19.3. The molecular formula is C7H12N4OS. The Morgan fingerprint density at radius 2 is 2.08 bits per heavy atom. The molecule has 3 N–H and O–H groups in total. The Bertz CT molecular complexity index is 282. The largest absolute Gasteiger partial charge is 0.393 e. The number of aromatic nitrogens is 2. The van der Waals surface area contributed by atoms with Crippen molar-refractivity contribution in [3.8, 4) is 0 Å². The Labute approximate surface area is 80.2 Å². The van der Waals surface area contributed by atoms with Crippen LogP contribution in [0.1, 0.15) is 12.8 Å². The Hall–Kier alpha value is -0.880. The minimum Gasteiger partial charge on any atom is -0.393 e. The fourth-order valence-corrected chi connectivity index (χ4v) is 2.07. The van der Waals surface area contributed by atoms with Gasteiger partial charge in [-0.1, -0.05) is 11.3 Å². The number of aliphatic hydroxyl groups is 1. The number of nitrogen functional groups attached to an aromatic ring is 1. The van der Waals surface area contributed by atoms with Crippen molar-refractivity contribution < 1.29 is 5.11 Å². The van der Waals surface area contributed by atoms with Crippen molar-refractivity contribution in [2.75, 3.05) is 23.7 Å². The molecule has 0 bridgehead atoms. The summed E-state index contributed by atoms with van der Waals surface area (Å²) in [5, 5.41) is 18.4. The number of piperidine rings is 1. The van der Waals surface area contributed by atoms with Gasteiger partial charge < -0.3 is 15.7 Å². The van der Waals surface area contributed by atoms with Crippen molar-refractivity contribution in [1.29, 1.82) is 0 Å². The molecule has 2 rings (SSSR count). The van der Waals surface area contributed by atoms with Crippen LogP contribution in [0.15, 0.2) is 0 Å². The average Bonchev–Trinajstić information content (AvgIpc) is 2.53. The Morgan fingerprint density at radius 3 is 2.62 bits per heavy atom. The van der Waals surface area contributed by atoms with Crippen LogP contribution in [-0.2, 0) is 0 Å². The van der Waals surface area contributed by atoms with Gasteiger partial charge in [0.1, 0.15) is 0 Å². The van der Waals surface area contributed by atoms with Crippen LogP contribution in [0.2, 0.25) is 0 Å². The number of nitrogens with two attached hydrogens (primary N) is 1. The average molecular weight is 200 g/mol. The molecule has 6 heteroatoms. The van der Waals surface area contributed by atoms with Crippen molar-refractivity contribution >= 4 is 21.6 Å². The van der Waals surface area contributed by atoms with Gasteiger partial charge >= 0.3 is 0 Å². The van der Waals surface area contributed by atoms with E-state index in [1.165, 1.54) is 11.3 Å². The lowest BCUT2D eigenvalue weighted by Crippen LogP contribution is -2.35. The molecule has 0 spiro atoms. The van der Waals surface area contributed by atoms with Gasteiger partial charge in [0.05, 0.1) is 6.10 Å². The summed E-state index contributed by atoms with van der Waals surface area (Å²) in [7, 11) is 0. The third kappa shape index (κ3) is 1.89. The van der Waals surface area contributed by atoms with E-state index < -0.39 is 0 Å². The molecule has 72 valence electrons. The highest BCUT2D eigenvalue weighted by Crippen LogP contribution is 2.24. The Balaban J connectivity index is 2.02. The molecule has 0 amide bonds. The summed E-state index contributed by atoms with van der Waals surface area (Å²) in [5.74, 6) is 0. The molecular weight excluding hydrogens is 188 g/mol. The lowest BCUT2D eigenvalue weighted by Gasteiger charge is -2.28. The molecule has 13 heavy (non-hydrogen) atoms. The SMILES string of the molecule is Nc1nnc(N2CCC(O)CC2)s1. The molecule has 0 atom stereocenters. The van der Waals surface area contributed by atoms with Crippen molar-refractivity contribution in [1.82, 2.24) is 10.2 Å². The summed E-state index contributed by atoms with van der Waals surface area (Å²) in [6, 6.07) is 0. The molecule has 1 aliphatic rings. The predicted molar refractivity (Wildman–Crippen MR) is 51.8 cm³/mol. The first-order chi connectivity index (χ1) is 6.25.